The zero-order chi connectivity index (χ0) is 20.5. The fourth-order valence-corrected chi connectivity index (χ4v) is 6.28. The van der Waals surface area contributed by atoms with Gasteiger partial charge < -0.3 is 9.88 Å². The van der Waals surface area contributed by atoms with E-state index in [0.29, 0.717) is 11.9 Å². The van der Waals surface area contributed by atoms with Crippen molar-refractivity contribution >= 4 is 5.91 Å². The van der Waals surface area contributed by atoms with E-state index in [4.69, 9.17) is 4.98 Å². The van der Waals surface area contributed by atoms with Crippen molar-refractivity contribution in [2.24, 2.45) is 5.92 Å². The lowest BCUT2D eigenvalue weighted by molar-refractivity contribution is -0.140. The van der Waals surface area contributed by atoms with Gasteiger partial charge in [-0.3, -0.25) is 14.5 Å². The summed E-state index contributed by atoms with van der Waals surface area (Å²) in [6.45, 7) is 2.56. The summed E-state index contributed by atoms with van der Waals surface area (Å²) in [6.07, 6.45) is 14.7. The van der Waals surface area contributed by atoms with Crippen molar-refractivity contribution in [3.63, 3.8) is 0 Å². The first-order valence-electron chi connectivity index (χ1n) is 12.4. The number of amides is 1. The zero-order valence-corrected chi connectivity index (χ0v) is 18.2. The minimum absolute atomic E-state index is 0.0247. The highest BCUT2D eigenvalue weighted by molar-refractivity contribution is 5.79. The first-order chi connectivity index (χ1) is 14.7. The second kappa shape index (κ2) is 8.81. The summed E-state index contributed by atoms with van der Waals surface area (Å²) >= 11 is 0. The van der Waals surface area contributed by atoms with Gasteiger partial charge in [-0.05, 0) is 51.4 Å². The minimum Gasteiger partial charge on any atom is -0.332 e. The Kier molecular flexibility index (Phi) is 5.94. The van der Waals surface area contributed by atoms with Gasteiger partial charge in [-0.15, -0.1) is 0 Å². The van der Waals surface area contributed by atoms with Crippen molar-refractivity contribution in [1.82, 2.24) is 19.8 Å². The van der Waals surface area contributed by atoms with Crippen molar-refractivity contribution in [3.05, 3.63) is 27.4 Å². The third kappa shape index (κ3) is 3.95. The predicted octanol–water partition coefficient (Wildman–Crippen LogP) is 3.70. The Balaban J connectivity index is 1.39. The normalized spacial score (nSPS) is 26.7. The molecule has 30 heavy (non-hydrogen) atoms. The summed E-state index contributed by atoms with van der Waals surface area (Å²) in [6, 6.07) is 0.592. The summed E-state index contributed by atoms with van der Waals surface area (Å²) in [5.74, 6) is 1.20. The van der Waals surface area contributed by atoms with Crippen LogP contribution in [0.15, 0.2) is 4.79 Å². The average Bonchev–Trinajstić information content (AvgIpc) is 3.34. The summed E-state index contributed by atoms with van der Waals surface area (Å²) in [5, 5.41) is 0. The van der Waals surface area contributed by atoms with Crippen LogP contribution in [0.1, 0.15) is 100 Å². The molecule has 6 heteroatoms. The van der Waals surface area contributed by atoms with Gasteiger partial charge in [0.25, 0.3) is 5.56 Å². The molecule has 1 unspecified atom stereocenters. The van der Waals surface area contributed by atoms with Crippen LogP contribution in [0, 0.1) is 5.92 Å². The van der Waals surface area contributed by atoms with Gasteiger partial charge in [-0.1, -0.05) is 32.1 Å². The predicted molar refractivity (Wildman–Crippen MR) is 116 cm³/mol. The molecule has 3 fully saturated rings. The van der Waals surface area contributed by atoms with E-state index >= 15 is 0 Å². The van der Waals surface area contributed by atoms with Crippen LogP contribution < -0.4 is 5.56 Å². The molecule has 6 nitrogen and oxygen atoms in total. The number of rotatable bonds is 3. The Bertz CT molecular complexity index is 823. The number of nitrogens with one attached hydrogen (secondary N) is 1. The van der Waals surface area contributed by atoms with Crippen molar-refractivity contribution in [2.75, 3.05) is 13.1 Å². The number of aromatic amines is 1. The zero-order valence-electron chi connectivity index (χ0n) is 18.2. The molecular formula is C24H36N4O2. The standard InChI is InChI=1S/C24H36N4O2/c29-23-19-13-15-27(18-10-4-5-11-18)16-20(19)25-22(26-23)21-12-6-7-14-28(21)24(30)17-8-2-1-3-9-17/h17-18,21H,1-16H2,(H,25,26,29). The number of carbonyl (C=O) groups excluding carboxylic acids is 1. The van der Waals surface area contributed by atoms with E-state index in [-0.39, 0.29) is 17.5 Å². The van der Waals surface area contributed by atoms with Crippen molar-refractivity contribution in [1.29, 1.82) is 0 Å². The molecule has 1 atom stereocenters. The number of aromatic nitrogens is 2. The number of H-pyrrole nitrogens is 1. The van der Waals surface area contributed by atoms with Crippen LogP contribution in [0.4, 0.5) is 0 Å². The monoisotopic (exact) mass is 412 g/mol. The molecule has 3 heterocycles. The molecule has 1 aromatic rings. The molecule has 4 aliphatic rings. The first-order valence-corrected chi connectivity index (χ1v) is 12.4. The molecule has 1 amide bonds. The Morgan fingerprint density at radius 2 is 1.63 bits per heavy atom. The minimum atomic E-state index is -0.0620. The molecule has 1 saturated heterocycles. The topological polar surface area (TPSA) is 69.3 Å². The number of hydrogen-bond acceptors (Lipinski definition) is 4. The maximum absolute atomic E-state index is 13.3. The van der Waals surface area contributed by atoms with E-state index < -0.39 is 0 Å². The highest BCUT2D eigenvalue weighted by Gasteiger charge is 2.35. The second-order valence-electron chi connectivity index (χ2n) is 9.91. The van der Waals surface area contributed by atoms with Gasteiger partial charge in [0.2, 0.25) is 5.91 Å². The molecule has 2 saturated carbocycles. The van der Waals surface area contributed by atoms with Crippen LogP contribution in [0.25, 0.3) is 0 Å². The van der Waals surface area contributed by atoms with Gasteiger partial charge >= 0.3 is 0 Å². The highest BCUT2D eigenvalue weighted by Crippen LogP contribution is 2.34. The van der Waals surface area contributed by atoms with Gasteiger partial charge in [0.1, 0.15) is 5.82 Å². The Morgan fingerprint density at radius 3 is 2.43 bits per heavy atom. The third-order valence-electron chi connectivity index (χ3n) is 8.02. The van der Waals surface area contributed by atoms with Crippen LogP contribution in [0.3, 0.4) is 0 Å². The smallest absolute Gasteiger partial charge is 0.254 e. The molecule has 1 aromatic heterocycles. The van der Waals surface area contributed by atoms with Gasteiger partial charge in [0, 0.05) is 37.2 Å². The van der Waals surface area contributed by atoms with Gasteiger partial charge in [0.05, 0.1) is 11.7 Å². The van der Waals surface area contributed by atoms with E-state index in [9.17, 15) is 9.59 Å². The highest BCUT2D eigenvalue weighted by atomic mass is 16.2. The van der Waals surface area contributed by atoms with Crippen LogP contribution >= 0.6 is 0 Å². The van der Waals surface area contributed by atoms with Crippen molar-refractivity contribution in [2.45, 2.75) is 102 Å². The molecule has 2 aliphatic heterocycles. The quantitative estimate of drug-likeness (QED) is 0.822. The lowest BCUT2D eigenvalue weighted by Gasteiger charge is -2.38. The van der Waals surface area contributed by atoms with Crippen LogP contribution in [-0.2, 0) is 17.8 Å². The molecule has 0 bridgehead atoms. The maximum atomic E-state index is 13.3. The lowest BCUT2D eigenvalue weighted by atomic mass is 9.87. The summed E-state index contributed by atoms with van der Waals surface area (Å²) in [7, 11) is 0. The molecule has 0 radical (unpaired) electrons. The molecule has 1 N–H and O–H groups in total. The average molecular weight is 413 g/mol. The number of carbonyl (C=O) groups is 1. The fourth-order valence-electron chi connectivity index (χ4n) is 6.28. The van der Waals surface area contributed by atoms with Gasteiger partial charge in [-0.2, -0.15) is 0 Å². The number of nitrogens with zero attached hydrogens (tertiary/aromatic N) is 3. The largest absolute Gasteiger partial charge is 0.332 e. The molecule has 0 aromatic carbocycles. The number of hydrogen-bond donors (Lipinski definition) is 1. The Labute approximate surface area is 179 Å². The van der Waals surface area contributed by atoms with E-state index in [2.05, 4.69) is 14.8 Å². The fraction of sp³-hybridized carbons (Fsp3) is 0.792. The van der Waals surface area contributed by atoms with Gasteiger partial charge in [0.15, 0.2) is 0 Å². The van der Waals surface area contributed by atoms with Crippen LogP contribution in [0.2, 0.25) is 0 Å². The van der Waals surface area contributed by atoms with Gasteiger partial charge in [-0.25, -0.2) is 4.98 Å². The summed E-state index contributed by atoms with van der Waals surface area (Å²) in [4.78, 5) is 39.0. The number of likely N-dealkylation sites (tertiary alicyclic amines) is 1. The number of fused-ring (bicyclic) bond motifs is 1. The van der Waals surface area contributed by atoms with E-state index in [0.717, 1.165) is 75.2 Å². The summed E-state index contributed by atoms with van der Waals surface area (Å²) in [5.41, 5.74) is 1.85. The van der Waals surface area contributed by atoms with Crippen molar-refractivity contribution < 1.29 is 4.79 Å². The SMILES string of the molecule is O=C(C1CCCCC1)N1CCCCC1c1nc2c(c(=O)[nH]1)CCN(C1CCCC1)C2. The molecule has 164 valence electrons. The molecule has 2 aliphatic carbocycles. The van der Waals surface area contributed by atoms with E-state index in [1.165, 1.54) is 44.9 Å². The number of piperidine rings is 1. The van der Waals surface area contributed by atoms with E-state index in [1.54, 1.807) is 0 Å². The van der Waals surface area contributed by atoms with Crippen molar-refractivity contribution in [3.8, 4) is 0 Å². The third-order valence-corrected chi connectivity index (χ3v) is 8.02. The molecule has 5 rings (SSSR count). The second-order valence-corrected chi connectivity index (χ2v) is 9.91. The lowest BCUT2D eigenvalue weighted by Crippen LogP contribution is -2.44. The summed E-state index contributed by atoms with van der Waals surface area (Å²) < 4.78 is 0. The van der Waals surface area contributed by atoms with E-state index in [1.807, 2.05) is 0 Å². The maximum Gasteiger partial charge on any atom is 0.254 e. The Morgan fingerprint density at radius 1 is 0.900 bits per heavy atom. The van der Waals surface area contributed by atoms with Crippen LogP contribution in [0.5, 0.6) is 0 Å². The first kappa shape index (κ1) is 20.2. The van der Waals surface area contributed by atoms with Crippen LogP contribution in [-0.4, -0.2) is 44.8 Å². The molecular weight excluding hydrogens is 376 g/mol. The Hall–Kier alpha value is -1.69. The molecule has 0 spiro atoms.